The summed E-state index contributed by atoms with van der Waals surface area (Å²) < 4.78 is 0. The quantitative estimate of drug-likeness (QED) is 0.802. The molecule has 0 spiro atoms. The average Bonchev–Trinajstić information content (AvgIpc) is 3.15. The molecular weight excluding hydrogens is 276 g/mol. The van der Waals surface area contributed by atoms with Crippen molar-refractivity contribution in [3.8, 4) is 0 Å². The van der Waals surface area contributed by atoms with Crippen LogP contribution >= 0.6 is 0 Å². The second-order valence-corrected chi connectivity index (χ2v) is 7.85. The molecule has 0 aromatic heterocycles. The molecule has 0 aromatic rings. The zero-order valence-corrected chi connectivity index (χ0v) is 13.5. The molecule has 2 amide bonds. The lowest BCUT2D eigenvalue weighted by Gasteiger charge is -2.34. The number of hydrogen-bond acceptors (Lipinski definition) is 2. The Morgan fingerprint density at radius 3 is 2.23 bits per heavy atom. The normalized spacial score (nSPS) is 35.6. The van der Waals surface area contributed by atoms with E-state index in [0.29, 0.717) is 23.7 Å². The molecule has 0 aromatic carbocycles. The summed E-state index contributed by atoms with van der Waals surface area (Å²) >= 11 is 0. The maximum atomic E-state index is 12.7. The van der Waals surface area contributed by atoms with E-state index in [1.165, 1.54) is 25.7 Å². The van der Waals surface area contributed by atoms with Crippen LogP contribution in [0, 0.1) is 23.7 Å². The van der Waals surface area contributed by atoms with Gasteiger partial charge in [-0.25, -0.2) is 0 Å². The second kappa shape index (κ2) is 5.86. The van der Waals surface area contributed by atoms with Gasteiger partial charge in [0, 0.05) is 38.5 Å². The molecule has 4 aliphatic rings. The summed E-state index contributed by atoms with van der Waals surface area (Å²) in [6.07, 6.45) is 9.16. The number of piperidine rings is 1. The van der Waals surface area contributed by atoms with Gasteiger partial charge in [0.15, 0.2) is 0 Å². The van der Waals surface area contributed by atoms with E-state index < -0.39 is 0 Å². The Labute approximate surface area is 133 Å². The number of fused-ring (bicyclic) bond motifs is 1. The van der Waals surface area contributed by atoms with Crippen LogP contribution in [0.25, 0.3) is 0 Å². The van der Waals surface area contributed by atoms with Crippen LogP contribution in [0.4, 0.5) is 0 Å². The topological polar surface area (TPSA) is 40.6 Å². The van der Waals surface area contributed by atoms with Crippen molar-refractivity contribution in [1.82, 2.24) is 9.80 Å². The minimum atomic E-state index is 0.334. The van der Waals surface area contributed by atoms with Crippen LogP contribution in [-0.4, -0.2) is 47.8 Å². The Morgan fingerprint density at radius 1 is 0.955 bits per heavy atom. The fraction of sp³-hybridized carbons (Fsp3) is 0.889. The smallest absolute Gasteiger partial charge is 0.226 e. The molecule has 3 atom stereocenters. The first kappa shape index (κ1) is 14.5. The minimum absolute atomic E-state index is 0.334. The van der Waals surface area contributed by atoms with Crippen molar-refractivity contribution in [3.05, 3.63) is 0 Å². The van der Waals surface area contributed by atoms with E-state index in [4.69, 9.17) is 0 Å². The molecule has 4 nitrogen and oxygen atoms in total. The highest BCUT2D eigenvalue weighted by molar-refractivity contribution is 5.82. The van der Waals surface area contributed by atoms with Crippen molar-refractivity contribution in [1.29, 1.82) is 0 Å². The van der Waals surface area contributed by atoms with Crippen LogP contribution in [-0.2, 0) is 9.59 Å². The first-order valence-corrected chi connectivity index (χ1v) is 9.30. The molecule has 2 saturated carbocycles. The molecule has 2 heterocycles. The number of carbonyl (C=O) groups excluding carboxylic acids is 2. The molecule has 22 heavy (non-hydrogen) atoms. The first-order chi connectivity index (χ1) is 10.7. The lowest BCUT2D eigenvalue weighted by atomic mass is 9.96. The molecule has 2 saturated heterocycles. The number of carbonyl (C=O) groups is 2. The zero-order chi connectivity index (χ0) is 15.1. The largest absolute Gasteiger partial charge is 0.342 e. The maximum absolute atomic E-state index is 12.7. The standard InChI is InChI=1S/C18H28N2O2/c21-16-6-3-9-20(16)12-13-7-10-19(11-8-13)18(22)17-14-4-1-2-5-15(14)17/h13-15,17H,1-12H2/t14-,15+,17?. The third kappa shape index (κ3) is 2.65. The van der Waals surface area contributed by atoms with Gasteiger partial charge in [-0.2, -0.15) is 0 Å². The van der Waals surface area contributed by atoms with E-state index in [0.717, 1.165) is 63.7 Å². The number of nitrogens with zero attached hydrogens (tertiary/aromatic N) is 2. The Balaban J connectivity index is 1.25. The molecule has 2 aliphatic carbocycles. The molecule has 1 unspecified atom stereocenters. The Morgan fingerprint density at radius 2 is 1.64 bits per heavy atom. The van der Waals surface area contributed by atoms with Gasteiger partial charge >= 0.3 is 0 Å². The molecule has 4 heteroatoms. The number of hydrogen-bond donors (Lipinski definition) is 0. The maximum Gasteiger partial charge on any atom is 0.226 e. The average molecular weight is 304 g/mol. The molecule has 2 aliphatic heterocycles. The fourth-order valence-electron chi connectivity index (χ4n) is 5.11. The van der Waals surface area contributed by atoms with Crippen molar-refractivity contribution in [2.24, 2.45) is 23.7 Å². The summed E-state index contributed by atoms with van der Waals surface area (Å²) in [5, 5.41) is 0. The number of likely N-dealkylation sites (tertiary alicyclic amines) is 2. The van der Waals surface area contributed by atoms with E-state index >= 15 is 0 Å². The van der Waals surface area contributed by atoms with Gasteiger partial charge in [0.05, 0.1) is 0 Å². The van der Waals surface area contributed by atoms with Crippen LogP contribution in [0.3, 0.4) is 0 Å². The predicted octanol–water partition coefficient (Wildman–Crippen LogP) is 2.28. The number of amides is 2. The highest BCUT2D eigenvalue weighted by Gasteiger charge is 2.55. The van der Waals surface area contributed by atoms with Crippen LogP contribution < -0.4 is 0 Å². The van der Waals surface area contributed by atoms with Crippen LogP contribution in [0.5, 0.6) is 0 Å². The van der Waals surface area contributed by atoms with Gasteiger partial charge < -0.3 is 9.80 Å². The number of rotatable bonds is 3. The van der Waals surface area contributed by atoms with Crippen LogP contribution in [0.1, 0.15) is 51.4 Å². The zero-order valence-electron chi connectivity index (χ0n) is 13.5. The Kier molecular flexibility index (Phi) is 3.87. The van der Waals surface area contributed by atoms with Crippen molar-refractivity contribution < 1.29 is 9.59 Å². The van der Waals surface area contributed by atoms with E-state index in [1.807, 2.05) is 4.90 Å². The highest BCUT2D eigenvalue weighted by atomic mass is 16.2. The third-order valence-electron chi connectivity index (χ3n) is 6.52. The van der Waals surface area contributed by atoms with Gasteiger partial charge in [-0.3, -0.25) is 9.59 Å². The van der Waals surface area contributed by atoms with Gasteiger partial charge in [-0.1, -0.05) is 12.8 Å². The molecule has 0 bridgehead atoms. The van der Waals surface area contributed by atoms with Crippen molar-refractivity contribution >= 4 is 11.8 Å². The molecular formula is C18H28N2O2. The summed E-state index contributed by atoms with van der Waals surface area (Å²) in [6.45, 7) is 3.71. The monoisotopic (exact) mass is 304 g/mol. The van der Waals surface area contributed by atoms with Gasteiger partial charge in [-0.05, 0) is 49.9 Å². The fourth-order valence-corrected chi connectivity index (χ4v) is 5.11. The van der Waals surface area contributed by atoms with Crippen molar-refractivity contribution in [3.63, 3.8) is 0 Å². The summed E-state index contributed by atoms with van der Waals surface area (Å²) in [5.74, 6) is 3.21. The second-order valence-electron chi connectivity index (χ2n) is 7.85. The molecule has 0 N–H and O–H groups in total. The highest BCUT2D eigenvalue weighted by Crippen LogP contribution is 2.56. The lowest BCUT2D eigenvalue weighted by Crippen LogP contribution is -2.42. The lowest BCUT2D eigenvalue weighted by molar-refractivity contribution is -0.135. The van der Waals surface area contributed by atoms with Crippen LogP contribution in [0.2, 0.25) is 0 Å². The van der Waals surface area contributed by atoms with Gasteiger partial charge in [-0.15, -0.1) is 0 Å². The SMILES string of the molecule is O=C1CCCN1CC1CCN(C(=O)C2[C@H]3CCCC[C@@H]23)CC1. The Bertz CT molecular complexity index is 444. The summed E-state index contributed by atoms with van der Waals surface area (Å²) in [7, 11) is 0. The van der Waals surface area contributed by atoms with E-state index in [2.05, 4.69) is 4.90 Å². The summed E-state index contributed by atoms with van der Waals surface area (Å²) in [6, 6.07) is 0. The summed E-state index contributed by atoms with van der Waals surface area (Å²) in [5.41, 5.74) is 0. The molecule has 4 rings (SSSR count). The summed E-state index contributed by atoms with van der Waals surface area (Å²) in [4.78, 5) is 28.6. The predicted molar refractivity (Wildman–Crippen MR) is 84.1 cm³/mol. The van der Waals surface area contributed by atoms with E-state index in [1.54, 1.807) is 0 Å². The van der Waals surface area contributed by atoms with Crippen LogP contribution in [0.15, 0.2) is 0 Å². The van der Waals surface area contributed by atoms with E-state index in [9.17, 15) is 9.59 Å². The van der Waals surface area contributed by atoms with Crippen molar-refractivity contribution in [2.45, 2.75) is 51.4 Å². The van der Waals surface area contributed by atoms with E-state index in [-0.39, 0.29) is 0 Å². The molecule has 0 radical (unpaired) electrons. The van der Waals surface area contributed by atoms with Gasteiger partial charge in [0.2, 0.25) is 11.8 Å². The van der Waals surface area contributed by atoms with Gasteiger partial charge in [0.25, 0.3) is 0 Å². The minimum Gasteiger partial charge on any atom is -0.342 e. The van der Waals surface area contributed by atoms with Crippen molar-refractivity contribution in [2.75, 3.05) is 26.2 Å². The third-order valence-corrected chi connectivity index (χ3v) is 6.52. The molecule has 4 fully saturated rings. The molecule has 122 valence electrons. The van der Waals surface area contributed by atoms with Gasteiger partial charge in [0.1, 0.15) is 0 Å². The first-order valence-electron chi connectivity index (χ1n) is 9.30. The Hall–Kier alpha value is -1.06.